The first kappa shape index (κ1) is 12.5. The minimum absolute atomic E-state index is 0.368. The second kappa shape index (κ2) is 5.51. The Hall–Kier alpha value is -1.55. The zero-order chi connectivity index (χ0) is 12.1. The summed E-state index contributed by atoms with van der Waals surface area (Å²) >= 11 is 0. The van der Waals surface area contributed by atoms with Crippen LogP contribution in [0.2, 0.25) is 0 Å². The summed E-state index contributed by atoms with van der Waals surface area (Å²) in [7, 11) is 3.18. The lowest BCUT2D eigenvalue weighted by Crippen LogP contribution is -2.28. The first-order valence-corrected chi connectivity index (χ1v) is 5.12. The van der Waals surface area contributed by atoms with Crippen LogP contribution in [0.5, 0.6) is 0 Å². The molecule has 16 heavy (non-hydrogen) atoms. The zero-order valence-corrected chi connectivity index (χ0v) is 9.80. The minimum Gasteiger partial charge on any atom is -0.465 e. The van der Waals surface area contributed by atoms with Crippen molar-refractivity contribution in [2.45, 2.75) is 13.0 Å². The number of esters is 1. The van der Waals surface area contributed by atoms with Crippen molar-refractivity contribution in [3.05, 3.63) is 29.8 Å². The number of aliphatic hydroxyl groups is 1. The molecule has 0 aliphatic carbocycles. The van der Waals surface area contributed by atoms with Crippen LogP contribution < -0.4 is 4.90 Å². The van der Waals surface area contributed by atoms with Gasteiger partial charge >= 0.3 is 5.97 Å². The van der Waals surface area contributed by atoms with Crippen LogP contribution in [-0.4, -0.2) is 37.9 Å². The molecule has 1 aromatic carbocycles. The van der Waals surface area contributed by atoms with Crippen molar-refractivity contribution in [2.24, 2.45) is 0 Å². The van der Waals surface area contributed by atoms with Gasteiger partial charge in [-0.05, 0) is 19.1 Å². The molecule has 0 fully saturated rings. The third-order valence-electron chi connectivity index (χ3n) is 2.26. The molecule has 0 aliphatic heterocycles. The van der Waals surface area contributed by atoms with Gasteiger partial charge in [-0.3, -0.25) is 0 Å². The lowest BCUT2D eigenvalue weighted by atomic mass is 10.1. The van der Waals surface area contributed by atoms with Crippen molar-refractivity contribution in [1.82, 2.24) is 0 Å². The van der Waals surface area contributed by atoms with Gasteiger partial charge < -0.3 is 14.7 Å². The second-order valence-corrected chi connectivity index (χ2v) is 3.74. The van der Waals surface area contributed by atoms with Crippen LogP contribution in [0.25, 0.3) is 0 Å². The van der Waals surface area contributed by atoms with Crippen LogP contribution in [0.15, 0.2) is 24.3 Å². The van der Waals surface area contributed by atoms with Crippen LogP contribution in [0.3, 0.4) is 0 Å². The number of hydrogen-bond acceptors (Lipinski definition) is 4. The summed E-state index contributed by atoms with van der Waals surface area (Å²) in [6, 6.07) is 7.17. The van der Waals surface area contributed by atoms with Crippen LogP contribution in [0.4, 0.5) is 5.69 Å². The molecule has 0 aliphatic rings. The fraction of sp³-hybridized carbons (Fsp3) is 0.417. The van der Waals surface area contributed by atoms with Crippen molar-refractivity contribution >= 4 is 11.7 Å². The summed E-state index contributed by atoms with van der Waals surface area (Å²) in [5, 5.41) is 9.31. The molecule has 0 amide bonds. The van der Waals surface area contributed by atoms with Crippen molar-refractivity contribution in [3.8, 4) is 0 Å². The average Bonchev–Trinajstić information content (AvgIpc) is 2.27. The number of nitrogens with zero attached hydrogens (tertiary/aromatic N) is 1. The third kappa shape index (κ3) is 2.97. The van der Waals surface area contributed by atoms with E-state index in [2.05, 4.69) is 0 Å². The number of aliphatic hydroxyl groups excluding tert-OH is 1. The normalized spacial score (nSPS) is 12.0. The van der Waals surface area contributed by atoms with E-state index in [1.165, 1.54) is 7.11 Å². The second-order valence-electron chi connectivity index (χ2n) is 3.74. The fourth-order valence-corrected chi connectivity index (χ4v) is 1.58. The highest BCUT2D eigenvalue weighted by molar-refractivity contribution is 5.95. The molecular weight excluding hydrogens is 206 g/mol. The maximum absolute atomic E-state index is 11.5. The van der Waals surface area contributed by atoms with Crippen molar-refractivity contribution in [2.75, 3.05) is 25.6 Å². The van der Waals surface area contributed by atoms with Gasteiger partial charge in [0.05, 0.1) is 24.5 Å². The Morgan fingerprint density at radius 3 is 2.69 bits per heavy atom. The molecule has 1 aromatic rings. The Kier molecular flexibility index (Phi) is 4.31. The van der Waals surface area contributed by atoms with Crippen LogP contribution in [0, 0.1) is 0 Å². The minimum atomic E-state index is -0.448. The number of rotatable bonds is 4. The van der Waals surface area contributed by atoms with Crippen molar-refractivity contribution in [1.29, 1.82) is 0 Å². The van der Waals surface area contributed by atoms with Crippen LogP contribution in [-0.2, 0) is 4.74 Å². The molecule has 0 bridgehead atoms. The summed E-state index contributed by atoms with van der Waals surface area (Å²) in [4.78, 5) is 13.3. The smallest absolute Gasteiger partial charge is 0.339 e. The molecule has 1 rings (SSSR count). The summed E-state index contributed by atoms with van der Waals surface area (Å²) in [5.74, 6) is -0.368. The quantitative estimate of drug-likeness (QED) is 0.781. The number of carbonyl (C=O) groups excluding carboxylic acids is 1. The Bertz CT molecular complexity index is 363. The van der Waals surface area contributed by atoms with E-state index < -0.39 is 6.10 Å². The third-order valence-corrected chi connectivity index (χ3v) is 2.26. The van der Waals surface area contributed by atoms with E-state index in [0.29, 0.717) is 12.1 Å². The van der Waals surface area contributed by atoms with E-state index in [-0.39, 0.29) is 5.97 Å². The number of hydrogen-bond donors (Lipinski definition) is 1. The summed E-state index contributed by atoms with van der Waals surface area (Å²) < 4.78 is 4.70. The molecule has 1 N–H and O–H groups in total. The Balaban J connectivity index is 2.98. The zero-order valence-electron chi connectivity index (χ0n) is 9.80. The van der Waals surface area contributed by atoms with Gasteiger partial charge in [-0.15, -0.1) is 0 Å². The van der Waals surface area contributed by atoms with Gasteiger partial charge in [0, 0.05) is 13.6 Å². The predicted molar refractivity (Wildman–Crippen MR) is 62.7 cm³/mol. The first-order valence-electron chi connectivity index (χ1n) is 5.12. The SMILES string of the molecule is COC(=O)c1ccccc1N(C)CC(C)O. The molecule has 4 nitrogen and oxygen atoms in total. The summed E-state index contributed by atoms with van der Waals surface area (Å²) in [6.07, 6.45) is -0.448. The van der Waals surface area contributed by atoms with Crippen molar-refractivity contribution < 1.29 is 14.6 Å². The molecule has 0 saturated heterocycles. The number of likely N-dealkylation sites (N-methyl/N-ethyl adjacent to an activating group) is 1. The van der Waals surface area contributed by atoms with Gasteiger partial charge in [0.15, 0.2) is 0 Å². The molecule has 1 unspecified atom stereocenters. The summed E-state index contributed by atoms with van der Waals surface area (Å²) in [6.45, 7) is 2.17. The highest BCUT2D eigenvalue weighted by Crippen LogP contribution is 2.19. The number of benzene rings is 1. The molecule has 88 valence electrons. The molecule has 0 saturated carbocycles. The van der Waals surface area contributed by atoms with Gasteiger partial charge in [-0.1, -0.05) is 12.1 Å². The van der Waals surface area contributed by atoms with Gasteiger partial charge in [-0.2, -0.15) is 0 Å². The van der Waals surface area contributed by atoms with E-state index in [1.807, 2.05) is 24.1 Å². The monoisotopic (exact) mass is 223 g/mol. The van der Waals surface area contributed by atoms with Crippen molar-refractivity contribution in [3.63, 3.8) is 0 Å². The Labute approximate surface area is 95.5 Å². The molecule has 0 heterocycles. The highest BCUT2D eigenvalue weighted by atomic mass is 16.5. The van der Waals surface area contributed by atoms with E-state index in [0.717, 1.165) is 5.69 Å². The standard InChI is InChI=1S/C12H17NO3/c1-9(14)8-13(2)11-7-5-4-6-10(11)12(15)16-3/h4-7,9,14H,8H2,1-3H3. The Morgan fingerprint density at radius 2 is 2.12 bits per heavy atom. The van der Waals surface area contributed by atoms with Gasteiger partial charge in [0.1, 0.15) is 0 Å². The molecule has 1 atom stereocenters. The Morgan fingerprint density at radius 1 is 1.50 bits per heavy atom. The maximum atomic E-state index is 11.5. The number of methoxy groups -OCH3 is 1. The molecule has 0 aromatic heterocycles. The lowest BCUT2D eigenvalue weighted by Gasteiger charge is -2.22. The highest BCUT2D eigenvalue weighted by Gasteiger charge is 2.14. The number of carbonyl (C=O) groups is 1. The van der Waals surface area contributed by atoms with Crippen LogP contribution in [0.1, 0.15) is 17.3 Å². The lowest BCUT2D eigenvalue weighted by molar-refractivity contribution is 0.0601. The molecule has 4 heteroatoms. The maximum Gasteiger partial charge on any atom is 0.339 e. The van der Waals surface area contributed by atoms with Gasteiger partial charge in [0.2, 0.25) is 0 Å². The number of anilines is 1. The van der Waals surface area contributed by atoms with E-state index >= 15 is 0 Å². The largest absolute Gasteiger partial charge is 0.465 e. The van der Waals surface area contributed by atoms with Gasteiger partial charge in [0.25, 0.3) is 0 Å². The molecular formula is C12H17NO3. The first-order chi connectivity index (χ1) is 7.56. The molecule has 0 radical (unpaired) electrons. The van der Waals surface area contributed by atoms with E-state index in [4.69, 9.17) is 4.74 Å². The number of ether oxygens (including phenoxy) is 1. The van der Waals surface area contributed by atoms with E-state index in [9.17, 15) is 9.90 Å². The summed E-state index contributed by atoms with van der Waals surface area (Å²) in [5.41, 5.74) is 1.27. The number of para-hydroxylation sites is 1. The molecule has 0 spiro atoms. The van der Waals surface area contributed by atoms with E-state index in [1.54, 1.807) is 19.1 Å². The van der Waals surface area contributed by atoms with Gasteiger partial charge in [-0.25, -0.2) is 4.79 Å². The fourth-order valence-electron chi connectivity index (χ4n) is 1.58. The topological polar surface area (TPSA) is 49.8 Å². The van der Waals surface area contributed by atoms with Crippen LogP contribution >= 0.6 is 0 Å². The predicted octanol–water partition coefficient (Wildman–Crippen LogP) is 1.29. The average molecular weight is 223 g/mol.